The lowest BCUT2D eigenvalue weighted by Gasteiger charge is -2.12. The number of benzene rings is 1. The molecule has 1 aromatic rings. The third-order valence-electron chi connectivity index (χ3n) is 2.98. The molecule has 2 rings (SSSR count). The second-order valence-corrected chi connectivity index (χ2v) is 5.46. The van der Waals surface area contributed by atoms with E-state index in [0.717, 1.165) is 10.0 Å². The third kappa shape index (κ3) is 3.32. The summed E-state index contributed by atoms with van der Waals surface area (Å²) in [5, 5.41) is 2.89. The van der Waals surface area contributed by atoms with E-state index in [2.05, 4.69) is 21.2 Å². The van der Waals surface area contributed by atoms with E-state index in [1.54, 1.807) is 11.9 Å². The smallest absolute Gasteiger partial charge is 0.224 e. The van der Waals surface area contributed by atoms with Crippen LogP contribution in [-0.4, -0.2) is 36.3 Å². The maximum absolute atomic E-state index is 11.8. The summed E-state index contributed by atoms with van der Waals surface area (Å²) in [7, 11) is 1.75. The number of amides is 2. The number of likely N-dealkylation sites (tertiary alicyclic amines) is 1. The first kappa shape index (κ1) is 13.1. The van der Waals surface area contributed by atoms with Crippen LogP contribution < -0.4 is 5.32 Å². The molecule has 0 aliphatic carbocycles. The van der Waals surface area contributed by atoms with E-state index in [9.17, 15) is 9.59 Å². The standard InChI is InChI=1S/C13H15BrN2O2/c1-16-8-11(7-13(16)18)15-12(17)6-9-2-4-10(14)5-3-9/h2-5,11H,6-8H2,1H3,(H,15,17). The quantitative estimate of drug-likeness (QED) is 0.916. The molecule has 1 atom stereocenters. The molecule has 5 heteroatoms. The highest BCUT2D eigenvalue weighted by Gasteiger charge is 2.27. The van der Waals surface area contributed by atoms with Crippen molar-refractivity contribution < 1.29 is 9.59 Å². The summed E-state index contributed by atoms with van der Waals surface area (Å²) in [5.74, 6) is 0.0503. The Balaban J connectivity index is 1.86. The van der Waals surface area contributed by atoms with E-state index in [1.807, 2.05) is 24.3 Å². The molecule has 1 heterocycles. The summed E-state index contributed by atoms with van der Waals surface area (Å²) in [6.07, 6.45) is 0.754. The predicted molar refractivity (Wildman–Crippen MR) is 72.0 cm³/mol. The fourth-order valence-corrected chi connectivity index (χ4v) is 2.29. The number of nitrogens with one attached hydrogen (secondary N) is 1. The number of nitrogens with zero attached hydrogens (tertiary/aromatic N) is 1. The molecular weight excluding hydrogens is 296 g/mol. The van der Waals surface area contributed by atoms with Crippen molar-refractivity contribution in [1.29, 1.82) is 0 Å². The van der Waals surface area contributed by atoms with Gasteiger partial charge in [0.2, 0.25) is 11.8 Å². The fourth-order valence-electron chi connectivity index (χ4n) is 2.03. The first-order valence-electron chi connectivity index (χ1n) is 5.82. The van der Waals surface area contributed by atoms with E-state index < -0.39 is 0 Å². The van der Waals surface area contributed by atoms with Gasteiger partial charge in [-0.25, -0.2) is 0 Å². The van der Waals surface area contributed by atoms with Crippen LogP contribution in [0.5, 0.6) is 0 Å². The number of carbonyl (C=O) groups excluding carboxylic acids is 2. The zero-order valence-electron chi connectivity index (χ0n) is 10.1. The van der Waals surface area contributed by atoms with Gasteiger partial charge in [0.25, 0.3) is 0 Å². The molecule has 1 aromatic carbocycles. The summed E-state index contributed by atoms with van der Waals surface area (Å²) in [6, 6.07) is 7.60. The molecule has 0 radical (unpaired) electrons. The molecule has 1 fully saturated rings. The Morgan fingerprint density at radius 3 is 2.67 bits per heavy atom. The summed E-state index contributed by atoms with van der Waals surface area (Å²) in [6.45, 7) is 0.602. The summed E-state index contributed by atoms with van der Waals surface area (Å²) in [5.41, 5.74) is 0.966. The van der Waals surface area contributed by atoms with Crippen molar-refractivity contribution in [2.75, 3.05) is 13.6 Å². The molecule has 2 amide bonds. The minimum Gasteiger partial charge on any atom is -0.351 e. The summed E-state index contributed by atoms with van der Waals surface area (Å²) >= 11 is 3.35. The molecule has 96 valence electrons. The van der Waals surface area contributed by atoms with E-state index in [4.69, 9.17) is 0 Å². The Morgan fingerprint density at radius 2 is 2.11 bits per heavy atom. The van der Waals surface area contributed by atoms with Crippen LogP contribution in [0.25, 0.3) is 0 Å². The van der Waals surface area contributed by atoms with Crippen LogP contribution in [0.3, 0.4) is 0 Å². The van der Waals surface area contributed by atoms with Crippen LogP contribution >= 0.6 is 15.9 Å². The minimum absolute atomic E-state index is 0.0366. The van der Waals surface area contributed by atoms with Crippen molar-refractivity contribution in [3.05, 3.63) is 34.3 Å². The summed E-state index contributed by atoms with van der Waals surface area (Å²) in [4.78, 5) is 24.8. The zero-order chi connectivity index (χ0) is 13.1. The van der Waals surface area contributed by atoms with E-state index in [1.165, 1.54) is 0 Å². The number of hydrogen-bond acceptors (Lipinski definition) is 2. The predicted octanol–water partition coefficient (Wildman–Crippen LogP) is 1.34. The number of rotatable bonds is 3. The van der Waals surface area contributed by atoms with E-state index in [-0.39, 0.29) is 17.9 Å². The lowest BCUT2D eigenvalue weighted by molar-refractivity contribution is -0.126. The lowest BCUT2D eigenvalue weighted by Crippen LogP contribution is -2.37. The van der Waals surface area contributed by atoms with Gasteiger partial charge < -0.3 is 10.2 Å². The Bertz CT molecular complexity index is 459. The average Bonchev–Trinajstić information content (AvgIpc) is 2.61. The molecule has 18 heavy (non-hydrogen) atoms. The van der Waals surface area contributed by atoms with Crippen LogP contribution in [0, 0.1) is 0 Å². The highest BCUT2D eigenvalue weighted by Crippen LogP contribution is 2.12. The molecule has 4 nitrogen and oxygen atoms in total. The van der Waals surface area contributed by atoms with Gasteiger partial charge >= 0.3 is 0 Å². The topological polar surface area (TPSA) is 49.4 Å². The highest BCUT2D eigenvalue weighted by atomic mass is 79.9. The van der Waals surface area contributed by atoms with E-state index in [0.29, 0.717) is 19.4 Å². The van der Waals surface area contributed by atoms with Gasteiger partial charge in [0.05, 0.1) is 12.5 Å². The van der Waals surface area contributed by atoms with Crippen LogP contribution in [0.4, 0.5) is 0 Å². The van der Waals surface area contributed by atoms with Crippen molar-refractivity contribution >= 4 is 27.7 Å². The van der Waals surface area contributed by atoms with Crippen LogP contribution in [0.1, 0.15) is 12.0 Å². The number of likely N-dealkylation sites (N-methyl/N-ethyl adjacent to an activating group) is 1. The Hall–Kier alpha value is -1.36. The molecule has 1 unspecified atom stereocenters. The van der Waals surface area contributed by atoms with Crippen LogP contribution in [0.15, 0.2) is 28.7 Å². The molecule has 1 saturated heterocycles. The van der Waals surface area contributed by atoms with Gasteiger partial charge in [-0.2, -0.15) is 0 Å². The van der Waals surface area contributed by atoms with Gasteiger partial charge in [0.1, 0.15) is 0 Å². The molecular formula is C13H15BrN2O2. The van der Waals surface area contributed by atoms with Crippen LogP contribution in [0.2, 0.25) is 0 Å². The monoisotopic (exact) mass is 310 g/mol. The Labute approximate surface area is 114 Å². The van der Waals surface area contributed by atoms with Crippen LogP contribution in [-0.2, 0) is 16.0 Å². The molecule has 1 aliphatic rings. The second kappa shape index (κ2) is 5.52. The molecule has 0 spiro atoms. The van der Waals surface area contributed by atoms with Crippen molar-refractivity contribution in [2.24, 2.45) is 0 Å². The first-order chi connectivity index (χ1) is 8.54. The molecule has 0 saturated carbocycles. The van der Waals surface area contributed by atoms with Crippen molar-refractivity contribution in [2.45, 2.75) is 18.9 Å². The second-order valence-electron chi connectivity index (χ2n) is 4.55. The summed E-state index contributed by atoms with van der Waals surface area (Å²) < 4.78 is 0.995. The Kier molecular flexibility index (Phi) is 4.01. The molecule has 0 aromatic heterocycles. The van der Waals surface area contributed by atoms with Crippen molar-refractivity contribution in [3.8, 4) is 0 Å². The van der Waals surface area contributed by atoms with Gasteiger partial charge in [-0.3, -0.25) is 9.59 Å². The number of halogens is 1. The van der Waals surface area contributed by atoms with Gasteiger partial charge in [-0.15, -0.1) is 0 Å². The fraction of sp³-hybridized carbons (Fsp3) is 0.385. The SMILES string of the molecule is CN1CC(NC(=O)Cc2ccc(Br)cc2)CC1=O. The molecule has 0 bridgehead atoms. The zero-order valence-corrected chi connectivity index (χ0v) is 11.7. The average molecular weight is 311 g/mol. The van der Waals surface area contributed by atoms with Gasteiger partial charge in [0, 0.05) is 24.5 Å². The number of carbonyl (C=O) groups is 2. The van der Waals surface area contributed by atoms with Gasteiger partial charge in [-0.1, -0.05) is 28.1 Å². The minimum atomic E-state index is -0.0505. The van der Waals surface area contributed by atoms with E-state index >= 15 is 0 Å². The largest absolute Gasteiger partial charge is 0.351 e. The highest BCUT2D eigenvalue weighted by molar-refractivity contribution is 9.10. The van der Waals surface area contributed by atoms with Crippen molar-refractivity contribution in [1.82, 2.24) is 10.2 Å². The third-order valence-corrected chi connectivity index (χ3v) is 3.51. The maximum Gasteiger partial charge on any atom is 0.224 e. The number of hydrogen-bond donors (Lipinski definition) is 1. The maximum atomic E-state index is 11.8. The Morgan fingerprint density at radius 1 is 1.44 bits per heavy atom. The lowest BCUT2D eigenvalue weighted by atomic mass is 10.1. The van der Waals surface area contributed by atoms with Gasteiger partial charge in [0.15, 0.2) is 0 Å². The van der Waals surface area contributed by atoms with Crippen molar-refractivity contribution in [3.63, 3.8) is 0 Å². The molecule has 1 N–H and O–H groups in total. The van der Waals surface area contributed by atoms with Gasteiger partial charge in [-0.05, 0) is 17.7 Å². The normalized spacial score (nSPS) is 19.1. The molecule has 1 aliphatic heterocycles. The first-order valence-corrected chi connectivity index (χ1v) is 6.61.